The van der Waals surface area contributed by atoms with Crippen molar-refractivity contribution >= 4 is 11.7 Å². The van der Waals surface area contributed by atoms with E-state index in [0.29, 0.717) is 17.7 Å². The van der Waals surface area contributed by atoms with Gasteiger partial charge in [0, 0.05) is 5.56 Å². The van der Waals surface area contributed by atoms with E-state index in [1.165, 1.54) is 44.9 Å². The predicted molar refractivity (Wildman–Crippen MR) is 105 cm³/mol. The predicted octanol–water partition coefficient (Wildman–Crippen LogP) is 5.43. The zero-order valence-electron chi connectivity index (χ0n) is 16.2. The average Bonchev–Trinajstić information content (AvgIpc) is 2.60. The normalized spacial score (nSPS) is 11.5. The monoisotopic (exact) mass is 363 g/mol. The number of carboxylic acid groups (broad SMARTS) is 1. The molecule has 0 heterocycles. The van der Waals surface area contributed by atoms with Gasteiger partial charge in [-0.1, -0.05) is 75.1 Å². The van der Waals surface area contributed by atoms with Gasteiger partial charge in [0.1, 0.15) is 5.75 Å². The highest BCUT2D eigenvalue weighted by atomic mass is 16.6. The lowest BCUT2D eigenvalue weighted by atomic mass is 10.00. The van der Waals surface area contributed by atoms with E-state index in [1.54, 1.807) is 6.07 Å². The van der Waals surface area contributed by atoms with Crippen molar-refractivity contribution in [2.75, 3.05) is 6.61 Å². The Kier molecular flexibility index (Phi) is 11.2. The number of unbranched alkanes of at least 4 members (excludes halogenated alkanes) is 8. The second-order valence-electron chi connectivity index (χ2n) is 6.80. The van der Waals surface area contributed by atoms with Gasteiger partial charge in [0.15, 0.2) is 0 Å². The van der Waals surface area contributed by atoms with Crippen LogP contribution in [0.15, 0.2) is 23.4 Å². The molecule has 0 aliphatic rings. The van der Waals surface area contributed by atoms with Crippen LogP contribution in [-0.2, 0) is 9.63 Å². The highest BCUT2D eigenvalue weighted by molar-refractivity contribution is 6.02. The Morgan fingerprint density at radius 2 is 1.65 bits per heavy atom. The summed E-state index contributed by atoms with van der Waals surface area (Å²) in [5.74, 6) is -0.922. The molecule has 0 atom stereocenters. The Hall–Kier alpha value is -2.04. The quantitative estimate of drug-likeness (QED) is 0.262. The Balaban J connectivity index is 2.48. The van der Waals surface area contributed by atoms with E-state index >= 15 is 0 Å². The fraction of sp³-hybridized carbons (Fsp3) is 0.619. The summed E-state index contributed by atoms with van der Waals surface area (Å²) in [5.41, 5.74) is 2.24. The summed E-state index contributed by atoms with van der Waals surface area (Å²) in [7, 11) is 0. The number of phenols is 1. The lowest BCUT2D eigenvalue weighted by molar-refractivity contribution is -0.142. The van der Waals surface area contributed by atoms with Crippen LogP contribution in [0.4, 0.5) is 0 Å². The maximum Gasteiger partial charge on any atom is 0.344 e. The zero-order chi connectivity index (χ0) is 19.2. The summed E-state index contributed by atoms with van der Waals surface area (Å²) >= 11 is 0. The minimum absolute atomic E-state index is 0.143. The number of carboxylic acids is 1. The largest absolute Gasteiger partial charge is 0.507 e. The molecule has 0 aliphatic heterocycles. The van der Waals surface area contributed by atoms with Gasteiger partial charge in [-0.3, -0.25) is 0 Å². The fourth-order valence-corrected chi connectivity index (χ4v) is 2.88. The molecule has 1 aromatic carbocycles. The van der Waals surface area contributed by atoms with E-state index in [-0.39, 0.29) is 5.75 Å². The van der Waals surface area contributed by atoms with Crippen molar-refractivity contribution in [2.24, 2.45) is 5.16 Å². The van der Waals surface area contributed by atoms with Crippen LogP contribution in [0.3, 0.4) is 0 Å². The van der Waals surface area contributed by atoms with Gasteiger partial charge < -0.3 is 15.1 Å². The summed E-state index contributed by atoms with van der Waals surface area (Å²) < 4.78 is 0. The summed E-state index contributed by atoms with van der Waals surface area (Å²) in [4.78, 5) is 15.5. The third-order valence-corrected chi connectivity index (χ3v) is 4.34. The molecule has 0 unspecified atom stereocenters. The van der Waals surface area contributed by atoms with E-state index in [2.05, 4.69) is 12.1 Å². The lowest BCUT2D eigenvalue weighted by Crippen LogP contribution is -2.08. The van der Waals surface area contributed by atoms with Crippen LogP contribution in [-0.4, -0.2) is 28.5 Å². The van der Waals surface area contributed by atoms with Crippen molar-refractivity contribution in [3.05, 3.63) is 29.3 Å². The number of oxime groups is 1. The maximum atomic E-state index is 10.6. The molecule has 5 nitrogen and oxygen atoms in total. The van der Waals surface area contributed by atoms with Crippen LogP contribution in [0, 0.1) is 6.92 Å². The zero-order valence-corrected chi connectivity index (χ0v) is 16.2. The number of aromatic hydroxyl groups is 1. The van der Waals surface area contributed by atoms with E-state index in [0.717, 1.165) is 18.4 Å². The van der Waals surface area contributed by atoms with Crippen molar-refractivity contribution in [3.8, 4) is 5.75 Å². The van der Waals surface area contributed by atoms with E-state index < -0.39 is 12.6 Å². The minimum Gasteiger partial charge on any atom is -0.507 e. The van der Waals surface area contributed by atoms with Crippen LogP contribution in [0.5, 0.6) is 5.75 Å². The topological polar surface area (TPSA) is 79.1 Å². The molecule has 0 saturated carbocycles. The Morgan fingerprint density at radius 1 is 1.04 bits per heavy atom. The van der Waals surface area contributed by atoms with Gasteiger partial charge in [-0.05, 0) is 31.9 Å². The molecular formula is C21H33NO4. The summed E-state index contributed by atoms with van der Waals surface area (Å²) in [6.07, 6.45) is 11.7. The number of rotatable bonds is 14. The molecule has 26 heavy (non-hydrogen) atoms. The van der Waals surface area contributed by atoms with Crippen molar-refractivity contribution in [3.63, 3.8) is 0 Å². The van der Waals surface area contributed by atoms with E-state index in [1.807, 2.05) is 19.1 Å². The van der Waals surface area contributed by atoms with Crippen molar-refractivity contribution in [2.45, 2.75) is 78.1 Å². The van der Waals surface area contributed by atoms with Gasteiger partial charge in [0.25, 0.3) is 0 Å². The minimum atomic E-state index is -1.07. The number of aryl methyl sites for hydroxylation is 1. The van der Waals surface area contributed by atoms with Gasteiger partial charge in [-0.15, -0.1) is 0 Å². The first-order valence-electron chi connectivity index (χ1n) is 9.75. The highest BCUT2D eigenvalue weighted by Crippen LogP contribution is 2.22. The number of benzene rings is 1. The Bertz CT molecular complexity index is 569. The smallest absolute Gasteiger partial charge is 0.344 e. The Morgan fingerprint density at radius 3 is 2.27 bits per heavy atom. The number of carbonyl (C=O) groups is 1. The number of nitrogens with zero attached hydrogens (tertiary/aromatic N) is 1. The molecule has 5 heteroatoms. The SMILES string of the molecule is CCCCCCCCCCCC(=NOCC(=O)O)c1cc(C)ccc1O. The molecule has 146 valence electrons. The van der Waals surface area contributed by atoms with Gasteiger partial charge in [-0.25, -0.2) is 4.79 Å². The second kappa shape index (κ2) is 13.2. The molecule has 0 aromatic heterocycles. The molecule has 0 bridgehead atoms. The lowest BCUT2D eigenvalue weighted by Gasteiger charge is -2.10. The van der Waals surface area contributed by atoms with E-state index in [4.69, 9.17) is 9.94 Å². The highest BCUT2D eigenvalue weighted by Gasteiger charge is 2.11. The van der Waals surface area contributed by atoms with Crippen LogP contribution in [0.25, 0.3) is 0 Å². The number of aliphatic carboxylic acids is 1. The average molecular weight is 363 g/mol. The molecule has 2 N–H and O–H groups in total. The van der Waals surface area contributed by atoms with Crippen LogP contribution in [0.2, 0.25) is 0 Å². The molecular weight excluding hydrogens is 330 g/mol. The first-order chi connectivity index (χ1) is 12.5. The first kappa shape index (κ1) is 22.0. The second-order valence-corrected chi connectivity index (χ2v) is 6.80. The molecule has 0 saturated heterocycles. The molecule has 0 fully saturated rings. The number of phenolic OH excluding ortho intramolecular Hbond substituents is 1. The summed E-state index contributed by atoms with van der Waals surface area (Å²) in [6.45, 7) is 3.69. The van der Waals surface area contributed by atoms with E-state index in [9.17, 15) is 9.90 Å². The van der Waals surface area contributed by atoms with Crippen molar-refractivity contribution in [1.82, 2.24) is 0 Å². The standard InChI is InChI=1S/C21H33NO4/c1-3-4-5-6-7-8-9-10-11-12-19(22-26-16-21(24)25)18-15-17(2)13-14-20(18)23/h13-15,23H,3-12,16H2,1-2H3,(H,24,25). The molecule has 1 rings (SSSR count). The molecule has 0 radical (unpaired) electrons. The first-order valence-corrected chi connectivity index (χ1v) is 9.75. The van der Waals surface area contributed by atoms with Gasteiger partial charge in [0.05, 0.1) is 5.71 Å². The van der Waals surface area contributed by atoms with Crippen molar-refractivity contribution < 1.29 is 19.8 Å². The third kappa shape index (κ3) is 9.44. The Labute approximate surface area is 157 Å². The van der Waals surface area contributed by atoms with Gasteiger partial charge in [-0.2, -0.15) is 0 Å². The van der Waals surface area contributed by atoms with Crippen LogP contribution in [0.1, 0.15) is 82.3 Å². The maximum absolute atomic E-state index is 10.6. The van der Waals surface area contributed by atoms with Crippen molar-refractivity contribution in [1.29, 1.82) is 0 Å². The van der Waals surface area contributed by atoms with Gasteiger partial charge in [0.2, 0.25) is 6.61 Å². The van der Waals surface area contributed by atoms with Gasteiger partial charge >= 0.3 is 5.97 Å². The third-order valence-electron chi connectivity index (χ3n) is 4.34. The molecule has 1 aromatic rings. The van der Waals surface area contributed by atoms with Crippen LogP contribution >= 0.6 is 0 Å². The molecule has 0 aliphatic carbocycles. The van der Waals surface area contributed by atoms with Crippen LogP contribution < -0.4 is 0 Å². The summed E-state index contributed by atoms with van der Waals surface area (Å²) in [5, 5.41) is 22.8. The number of hydrogen-bond acceptors (Lipinski definition) is 4. The fourth-order valence-electron chi connectivity index (χ4n) is 2.88. The summed E-state index contributed by atoms with van der Waals surface area (Å²) in [6, 6.07) is 5.31. The molecule has 0 spiro atoms. The molecule has 0 amide bonds. The number of hydrogen-bond donors (Lipinski definition) is 2.